The molecule has 4 rings (SSSR count). The number of carbonyl (C=O) groups is 2. The molecule has 0 heterocycles. The van der Waals surface area contributed by atoms with E-state index < -0.39 is 5.82 Å². The van der Waals surface area contributed by atoms with Crippen LogP contribution < -0.4 is 10.2 Å². The first-order valence-corrected chi connectivity index (χ1v) is 11.5. The van der Waals surface area contributed by atoms with Gasteiger partial charge in [-0.3, -0.25) is 9.59 Å². The van der Waals surface area contributed by atoms with Gasteiger partial charge in [0.2, 0.25) is 5.91 Å². The number of rotatable bonds is 8. The predicted octanol–water partition coefficient (Wildman–Crippen LogP) is 6.09. The summed E-state index contributed by atoms with van der Waals surface area (Å²) >= 11 is 0. The first-order valence-electron chi connectivity index (χ1n) is 11.5. The fourth-order valence-electron chi connectivity index (χ4n) is 3.92. The highest BCUT2D eigenvalue weighted by molar-refractivity contribution is 6.06. The highest BCUT2D eigenvalue weighted by Gasteiger charge is 2.19. The third kappa shape index (κ3) is 6.42. The van der Waals surface area contributed by atoms with Crippen molar-refractivity contribution in [2.45, 2.75) is 25.9 Å². The summed E-state index contributed by atoms with van der Waals surface area (Å²) in [4.78, 5) is 27.5. The maximum atomic E-state index is 13.8. The van der Waals surface area contributed by atoms with E-state index in [1.165, 1.54) is 18.2 Å². The Labute approximate surface area is 205 Å². The molecule has 5 heteroatoms. The molecule has 2 amide bonds. The molecule has 0 aliphatic heterocycles. The summed E-state index contributed by atoms with van der Waals surface area (Å²) in [5, 5.41) is 3.02. The molecule has 4 aromatic rings. The van der Waals surface area contributed by atoms with Crippen LogP contribution in [0.25, 0.3) is 0 Å². The van der Waals surface area contributed by atoms with Crippen LogP contribution in [0.1, 0.15) is 40.0 Å². The third-order valence-electron chi connectivity index (χ3n) is 5.79. The molecule has 0 saturated carbocycles. The molecule has 1 atom stereocenters. The van der Waals surface area contributed by atoms with Crippen LogP contribution in [-0.4, -0.2) is 11.8 Å². The highest BCUT2D eigenvalue weighted by atomic mass is 19.1. The first-order chi connectivity index (χ1) is 17.0. The number of hydrogen-bond acceptors (Lipinski definition) is 2. The number of carbonyl (C=O) groups excluding carboxylic acids is 2. The van der Waals surface area contributed by atoms with Crippen molar-refractivity contribution in [1.29, 1.82) is 0 Å². The molecule has 1 N–H and O–H groups in total. The summed E-state index contributed by atoms with van der Waals surface area (Å²) in [6.07, 6.45) is 0.230. The normalized spacial score (nSPS) is 11.5. The minimum absolute atomic E-state index is 0.0777. The Morgan fingerprint density at radius 2 is 1.46 bits per heavy atom. The zero-order valence-electron chi connectivity index (χ0n) is 19.5. The second-order valence-corrected chi connectivity index (χ2v) is 8.43. The highest BCUT2D eigenvalue weighted by Crippen LogP contribution is 2.22. The molecule has 4 aromatic carbocycles. The number of hydrogen-bond donors (Lipinski definition) is 1. The van der Waals surface area contributed by atoms with Gasteiger partial charge in [0.1, 0.15) is 5.82 Å². The van der Waals surface area contributed by atoms with Gasteiger partial charge >= 0.3 is 0 Å². The first kappa shape index (κ1) is 23.9. The zero-order valence-corrected chi connectivity index (χ0v) is 19.5. The lowest BCUT2D eigenvalue weighted by Gasteiger charge is -2.23. The van der Waals surface area contributed by atoms with E-state index in [0.29, 0.717) is 12.2 Å². The average molecular weight is 467 g/mol. The number of halogens is 1. The van der Waals surface area contributed by atoms with Gasteiger partial charge in [-0.25, -0.2) is 4.39 Å². The molecule has 4 nitrogen and oxygen atoms in total. The second kappa shape index (κ2) is 11.3. The van der Waals surface area contributed by atoms with Crippen molar-refractivity contribution in [3.8, 4) is 0 Å². The molecule has 0 saturated heterocycles. The molecule has 0 aliphatic rings. The standard InChI is InChI=1S/C30H27FN2O2/c1-22(25-11-6-3-7-12-25)32-29(34)19-23-15-17-28(18-16-23)33(21-24-9-4-2-5-10-24)30(35)26-13-8-14-27(31)20-26/h2-18,20,22H,19,21H2,1H3,(H,32,34)/t22-/m1/s1. The number of benzene rings is 4. The van der Waals surface area contributed by atoms with Crippen LogP contribution in [0.4, 0.5) is 10.1 Å². The van der Waals surface area contributed by atoms with E-state index in [0.717, 1.165) is 16.7 Å². The summed E-state index contributed by atoms with van der Waals surface area (Å²) in [7, 11) is 0. The number of amides is 2. The van der Waals surface area contributed by atoms with Gasteiger partial charge in [0.15, 0.2) is 0 Å². The van der Waals surface area contributed by atoms with Crippen molar-refractivity contribution in [2.75, 3.05) is 4.90 Å². The topological polar surface area (TPSA) is 49.4 Å². The number of nitrogens with zero attached hydrogens (tertiary/aromatic N) is 1. The fraction of sp³-hybridized carbons (Fsp3) is 0.133. The lowest BCUT2D eigenvalue weighted by atomic mass is 10.1. The Morgan fingerprint density at radius 3 is 2.11 bits per heavy atom. The van der Waals surface area contributed by atoms with Crippen LogP contribution in [0.3, 0.4) is 0 Å². The van der Waals surface area contributed by atoms with Crippen LogP contribution >= 0.6 is 0 Å². The van der Waals surface area contributed by atoms with Gasteiger partial charge in [0, 0.05) is 11.3 Å². The molecule has 0 fully saturated rings. The second-order valence-electron chi connectivity index (χ2n) is 8.43. The third-order valence-corrected chi connectivity index (χ3v) is 5.79. The Bertz CT molecular complexity index is 1270. The van der Waals surface area contributed by atoms with Crippen LogP contribution in [0, 0.1) is 5.82 Å². The maximum absolute atomic E-state index is 13.8. The van der Waals surface area contributed by atoms with Gasteiger partial charge in [-0.15, -0.1) is 0 Å². The minimum Gasteiger partial charge on any atom is -0.349 e. The van der Waals surface area contributed by atoms with Crippen LogP contribution in [0.15, 0.2) is 109 Å². The van der Waals surface area contributed by atoms with Crippen molar-refractivity contribution in [3.05, 3.63) is 137 Å². The minimum atomic E-state index is -0.457. The number of anilines is 1. The largest absolute Gasteiger partial charge is 0.349 e. The zero-order chi connectivity index (χ0) is 24.6. The quantitative estimate of drug-likeness (QED) is 0.341. The van der Waals surface area contributed by atoms with Crippen molar-refractivity contribution in [2.24, 2.45) is 0 Å². The van der Waals surface area contributed by atoms with E-state index in [-0.39, 0.29) is 29.8 Å². The summed E-state index contributed by atoms with van der Waals surface area (Å²) in [6, 6.07) is 32.4. The molecule has 35 heavy (non-hydrogen) atoms. The molecule has 0 bridgehead atoms. The maximum Gasteiger partial charge on any atom is 0.258 e. The van der Waals surface area contributed by atoms with E-state index in [9.17, 15) is 14.0 Å². The van der Waals surface area contributed by atoms with Crippen molar-refractivity contribution in [1.82, 2.24) is 5.32 Å². The Morgan fingerprint density at radius 1 is 0.800 bits per heavy atom. The van der Waals surface area contributed by atoms with Gasteiger partial charge in [-0.05, 0) is 53.9 Å². The van der Waals surface area contributed by atoms with E-state index in [1.54, 1.807) is 11.0 Å². The molecular formula is C30H27FN2O2. The molecular weight excluding hydrogens is 439 g/mol. The molecule has 0 spiro atoms. The van der Waals surface area contributed by atoms with E-state index in [1.807, 2.05) is 91.9 Å². The summed E-state index contributed by atoms with van der Waals surface area (Å²) in [5.74, 6) is -0.830. The lowest BCUT2D eigenvalue weighted by molar-refractivity contribution is -0.121. The number of nitrogens with one attached hydrogen (secondary N) is 1. The Balaban J connectivity index is 1.50. The van der Waals surface area contributed by atoms with E-state index in [2.05, 4.69) is 5.32 Å². The SMILES string of the molecule is C[C@@H](NC(=O)Cc1ccc(N(Cc2ccccc2)C(=O)c2cccc(F)c2)cc1)c1ccccc1. The Kier molecular flexibility index (Phi) is 7.68. The smallest absolute Gasteiger partial charge is 0.258 e. The predicted molar refractivity (Wildman–Crippen MR) is 137 cm³/mol. The van der Waals surface area contributed by atoms with Crippen LogP contribution in [0.5, 0.6) is 0 Å². The molecule has 0 aromatic heterocycles. The summed E-state index contributed by atoms with van der Waals surface area (Å²) < 4.78 is 13.8. The molecule has 0 radical (unpaired) electrons. The van der Waals surface area contributed by atoms with E-state index in [4.69, 9.17) is 0 Å². The summed E-state index contributed by atoms with van der Waals surface area (Å²) in [6.45, 7) is 2.29. The van der Waals surface area contributed by atoms with Gasteiger partial charge in [-0.2, -0.15) is 0 Å². The van der Waals surface area contributed by atoms with Gasteiger partial charge in [0.05, 0.1) is 19.0 Å². The Hall–Kier alpha value is -4.25. The lowest BCUT2D eigenvalue weighted by Crippen LogP contribution is -2.30. The molecule has 0 aliphatic carbocycles. The van der Waals surface area contributed by atoms with Gasteiger partial charge in [-0.1, -0.05) is 78.9 Å². The molecule has 0 unspecified atom stereocenters. The molecule has 176 valence electrons. The van der Waals surface area contributed by atoms with Crippen LogP contribution in [0.2, 0.25) is 0 Å². The van der Waals surface area contributed by atoms with Crippen molar-refractivity contribution >= 4 is 17.5 Å². The average Bonchev–Trinajstić information content (AvgIpc) is 2.88. The van der Waals surface area contributed by atoms with E-state index >= 15 is 0 Å². The van der Waals surface area contributed by atoms with Gasteiger partial charge < -0.3 is 10.2 Å². The van der Waals surface area contributed by atoms with Crippen LogP contribution in [-0.2, 0) is 17.8 Å². The van der Waals surface area contributed by atoms with Crippen molar-refractivity contribution < 1.29 is 14.0 Å². The van der Waals surface area contributed by atoms with Gasteiger partial charge in [0.25, 0.3) is 5.91 Å². The fourth-order valence-corrected chi connectivity index (χ4v) is 3.92. The summed E-state index contributed by atoms with van der Waals surface area (Å²) in [5.41, 5.74) is 3.79. The monoisotopic (exact) mass is 466 g/mol. The van der Waals surface area contributed by atoms with Crippen molar-refractivity contribution in [3.63, 3.8) is 0 Å².